The summed E-state index contributed by atoms with van der Waals surface area (Å²) in [6, 6.07) is 15.5. The lowest BCUT2D eigenvalue weighted by Crippen LogP contribution is -2.41. The first-order valence-corrected chi connectivity index (χ1v) is 12.1. The fourth-order valence-corrected chi connectivity index (χ4v) is 4.81. The number of fused-ring (bicyclic) bond motifs is 1. The molecule has 1 saturated carbocycles. The van der Waals surface area contributed by atoms with Crippen LogP contribution in [0, 0.1) is 11.3 Å². The van der Waals surface area contributed by atoms with Crippen molar-refractivity contribution in [3.8, 4) is 17.2 Å². The Labute approximate surface area is 200 Å². The Balaban J connectivity index is 1.29. The average molecular weight is 474 g/mol. The van der Waals surface area contributed by atoms with Crippen LogP contribution in [0.3, 0.4) is 0 Å². The maximum Gasteiger partial charge on any atom is 0.253 e. The monoisotopic (exact) mass is 473 g/mol. The van der Waals surface area contributed by atoms with Gasteiger partial charge in [0.2, 0.25) is 11.8 Å². The Hall–Kier alpha value is -3.77. The molecular formula is C25H23N5O3S. The van der Waals surface area contributed by atoms with Gasteiger partial charge in [0.25, 0.3) is 5.91 Å². The zero-order chi connectivity index (χ0) is 23.7. The standard InChI is InChI=1S/C25H23N5O3S/c26-13-19(23(32)27-14-22(31)28-18-7-8-18)24-29-20-9-6-17(12-21(20)34-24)15-2-4-16(5-3-15)25(33)30-10-1-11-30/h2-6,9,12,18-19H,1,7-8,10-11,14H2,(H,27,32)(H,28,31). The van der Waals surface area contributed by atoms with E-state index in [2.05, 4.69) is 15.6 Å². The molecule has 3 amide bonds. The van der Waals surface area contributed by atoms with Crippen LogP contribution in [0.4, 0.5) is 0 Å². The molecule has 1 atom stereocenters. The van der Waals surface area contributed by atoms with Crippen LogP contribution in [-0.4, -0.2) is 53.3 Å². The summed E-state index contributed by atoms with van der Waals surface area (Å²) in [6.07, 6.45) is 2.99. The molecule has 34 heavy (non-hydrogen) atoms. The number of nitriles is 1. The molecule has 8 nitrogen and oxygen atoms in total. The van der Waals surface area contributed by atoms with E-state index in [1.807, 2.05) is 53.4 Å². The van der Waals surface area contributed by atoms with E-state index in [0.29, 0.717) is 16.1 Å². The third kappa shape index (κ3) is 4.63. The molecule has 1 aliphatic carbocycles. The molecule has 1 aliphatic heterocycles. The zero-order valence-corrected chi connectivity index (χ0v) is 19.2. The Morgan fingerprint density at radius 3 is 2.50 bits per heavy atom. The molecule has 1 unspecified atom stereocenters. The van der Waals surface area contributed by atoms with Gasteiger partial charge in [0.05, 0.1) is 22.8 Å². The summed E-state index contributed by atoms with van der Waals surface area (Å²) in [7, 11) is 0. The lowest BCUT2D eigenvalue weighted by atomic mass is 10.0. The third-order valence-electron chi connectivity index (χ3n) is 6.02. The molecule has 2 fully saturated rings. The first kappa shape index (κ1) is 22.0. The Bertz CT molecular complexity index is 1300. The smallest absolute Gasteiger partial charge is 0.253 e. The SMILES string of the molecule is N#CC(C(=O)NCC(=O)NC1CC1)c1nc2ccc(-c3ccc(C(=O)N4CCC4)cc3)cc2s1. The predicted octanol–water partition coefficient (Wildman–Crippen LogP) is 2.81. The highest BCUT2D eigenvalue weighted by Gasteiger charge is 2.27. The number of nitrogens with one attached hydrogen (secondary N) is 2. The third-order valence-corrected chi connectivity index (χ3v) is 7.10. The van der Waals surface area contributed by atoms with Crippen LogP contribution in [0.25, 0.3) is 21.3 Å². The molecule has 9 heteroatoms. The molecule has 3 aromatic rings. The first-order chi connectivity index (χ1) is 16.5. The number of carbonyl (C=O) groups is 3. The minimum Gasteiger partial charge on any atom is -0.352 e. The summed E-state index contributed by atoms with van der Waals surface area (Å²) in [5, 5.41) is 15.3. The summed E-state index contributed by atoms with van der Waals surface area (Å²) in [4.78, 5) is 43.0. The van der Waals surface area contributed by atoms with Gasteiger partial charge in [-0.15, -0.1) is 11.3 Å². The molecule has 172 valence electrons. The molecule has 2 aliphatic rings. The van der Waals surface area contributed by atoms with E-state index >= 15 is 0 Å². The van der Waals surface area contributed by atoms with Gasteiger partial charge in [-0.2, -0.15) is 5.26 Å². The van der Waals surface area contributed by atoms with E-state index in [-0.39, 0.29) is 24.4 Å². The number of hydrogen-bond acceptors (Lipinski definition) is 6. The number of aromatic nitrogens is 1. The van der Waals surface area contributed by atoms with E-state index in [1.54, 1.807) is 0 Å². The van der Waals surface area contributed by atoms with E-state index in [1.165, 1.54) is 11.3 Å². The van der Waals surface area contributed by atoms with Gasteiger partial charge in [-0.05, 0) is 54.7 Å². The topological polar surface area (TPSA) is 115 Å². The average Bonchev–Trinajstić information content (AvgIpc) is 3.52. The molecule has 0 bridgehead atoms. The lowest BCUT2D eigenvalue weighted by molar-refractivity contribution is -0.126. The second-order valence-corrected chi connectivity index (χ2v) is 9.64. The summed E-state index contributed by atoms with van der Waals surface area (Å²) in [5.74, 6) is -1.80. The molecule has 2 heterocycles. The highest BCUT2D eigenvalue weighted by Crippen LogP contribution is 2.31. The zero-order valence-electron chi connectivity index (χ0n) is 18.4. The summed E-state index contributed by atoms with van der Waals surface area (Å²) in [6.45, 7) is 1.49. The van der Waals surface area contributed by atoms with Gasteiger partial charge in [0.1, 0.15) is 5.01 Å². The summed E-state index contributed by atoms with van der Waals surface area (Å²) >= 11 is 1.29. The number of rotatable bonds is 7. The quantitative estimate of drug-likeness (QED) is 0.548. The molecule has 2 N–H and O–H groups in total. The van der Waals surface area contributed by atoms with Gasteiger partial charge in [-0.25, -0.2) is 4.98 Å². The van der Waals surface area contributed by atoms with Crippen LogP contribution >= 0.6 is 11.3 Å². The minimum atomic E-state index is -1.08. The van der Waals surface area contributed by atoms with Crippen LogP contribution in [0.5, 0.6) is 0 Å². The van der Waals surface area contributed by atoms with Crippen LogP contribution in [-0.2, 0) is 9.59 Å². The van der Waals surface area contributed by atoms with Crippen molar-refractivity contribution >= 4 is 39.3 Å². The van der Waals surface area contributed by atoms with Crippen molar-refractivity contribution in [1.29, 1.82) is 5.26 Å². The summed E-state index contributed by atoms with van der Waals surface area (Å²) in [5.41, 5.74) is 3.31. The second kappa shape index (κ2) is 9.23. The Morgan fingerprint density at radius 1 is 1.12 bits per heavy atom. The van der Waals surface area contributed by atoms with Gasteiger partial charge in [-0.3, -0.25) is 14.4 Å². The Kier molecular flexibility index (Phi) is 5.99. The molecule has 2 aromatic carbocycles. The van der Waals surface area contributed by atoms with Crippen LogP contribution in [0.1, 0.15) is 40.5 Å². The number of nitrogens with zero attached hydrogens (tertiary/aromatic N) is 3. The van der Waals surface area contributed by atoms with E-state index in [0.717, 1.165) is 48.2 Å². The largest absolute Gasteiger partial charge is 0.352 e. The number of thiazole rings is 1. The maximum absolute atomic E-state index is 12.5. The fraction of sp³-hybridized carbons (Fsp3) is 0.320. The number of amides is 3. The van der Waals surface area contributed by atoms with Crippen molar-refractivity contribution in [2.45, 2.75) is 31.2 Å². The lowest BCUT2D eigenvalue weighted by Gasteiger charge is -2.30. The van der Waals surface area contributed by atoms with Gasteiger partial charge >= 0.3 is 0 Å². The molecule has 0 spiro atoms. The van der Waals surface area contributed by atoms with Crippen LogP contribution in [0.15, 0.2) is 42.5 Å². The van der Waals surface area contributed by atoms with Crippen LogP contribution in [0.2, 0.25) is 0 Å². The Morgan fingerprint density at radius 2 is 1.85 bits per heavy atom. The highest BCUT2D eigenvalue weighted by molar-refractivity contribution is 7.18. The molecule has 5 rings (SSSR count). The first-order valence-electron chi connectivity index (χ1n) is 11.3. The van der Waals surface area contributed by atoms with E-state index in [4.69, 9.17) is 0 Å². The number of benzene rings is 2. The highest BCUT2D eigenvalue weighted by atomic mass is 32.1. The minimum absolute atomic E-state index is 0.0613. The van der Waals surface area contributed by atoms with Gasteiger partial charge in [0.15, 0.2) is 5.92 Å². The van der Waals surface area contributed by atoms with Crippen molar-refractivity contribution in [1.82, 2.24) is 20.5 Å². The maximum atomic E-state index is 12.5. The normalized spacial score (nSPS) is 15.8. The molecule has 1 saturated heterocycles. The predicted molar refractivity (Wildman–Crippen MR) is 128 cm³/mol. The molecule has 0 radical (unpaired) electrons. The molecular weight excluding hydrogens is 450 g/mol. The van der Waals surface area contributed by atoms with Crippen molar-refractivity contribution in [2.75, 3.05) is 19.6 Å². The van der Waals surface area contributed by atoms with Gasteiger partial charge in [0, 0.05) is 24.7 Å². The van der Waals surface area contributed by atoms with Gasteiger partial charge in [-0.1, -0.05) is 18.2 Å². The number of likely N-dealkylation sites (tertiary alicyclic amines) is 1. The molecule has 1 aromatic heterocycles. The van der Waals surface area contributed by atoms with Crippen molar-refractivity contribution in [3.63, 3.8) is 0 Å². The van der Waals surface area contributed by atoms with Crippen LogP contribution < -0.4 is 10.6 Å². The number of hydrogen-bond donors (Lipinski definition) is 2. The van der Waals surface area contributed by atoms with Crippen molar-refractivity contribution in [2.24, 2.45) is 0 Å². The van der Waals surface area contributed by atoms with E-state index < -0.39 is 11.8 Å². The van der Waals surface area contributed by atoms with E-state index in [9.17, 15) is 19.6 Å². The summed E-state index contributed by atoms with van der Waals surface area (Å²) < 4.78 is 0.854. The number of carbonyl (C=O) groups excluding carboxylic acids is 3. The van der Waals surface area contributed by atoms with Gasteiger partial charge < -0.3 is 15.5 Å². The van der Waals surface area contributed by atoms with Crippen molar-refractivity contribution < 1.29 is 14.4 Å². The van der Waals surface area contributed by atoms with Crippen molar-refractivity contribution in [3.05, 3.63) is 53.0 Å². The fourth-order valence-electron chi connectivity index (χ4n) is 3.75. The second-order valence-electron chi connectivity index (χ2n) is 8.58.